The van der Waals surface area contributed by atoms with Gasteiger partial charge in [-0.25, -0.2) is 0 Å². The molecule has 0 aromatic heterocycles. The van der Waals surface area contributed by atoms with Crippen LogP contribution in [0.3, 0.4) is 0 Å². The second-order valence-electron chi connectivity index (χ2n) is 2.44. The van der Waals surface area contributed by atoms with Gasteiger partial charge in [0.1, 0.15) is 0 Å². The topological polar surface area (TPSA) is 12.4 Å². The maximum atomic E-state index is 4.16. The summed E-state index contributed by atoms with van der Waals surface area (Å²) < 4.78 is 0. The molecule has 0 saturated carbocycles. The largest absolute Gasteiger partial charge is 0.262 e. The van der Waals surface area contributed by atoms with Crippen LogP contribution in [0.5, 0.6) is 0 Å². The molecule has 62 valence electrons. The molecule has 11 heavy (non-hydrogen) atoms. The summed E-state index contributed by atoms with van der Waals surface area (Å²) in [6.45, 7) is 6.14. The highest BCUT2D eigenvalue weighted by Gasteiger charge is 1.78. The van der Waals surface area contributed by atoms with Gasteiger partial charge in [0, 0.05) is 11.9 Å². The Morgan fingerprint density at radius 1 is 1.45 bits per heavy atom. The van der Waals surface area contributed by atoms with Crippen molar-refractivity contribution in [1.29, 1.82) is 0 Å². The highest BCUT2D eigenvalue weighted by Crippen LogP contribution is 1.90. The van der Waals surface area contributed by atoms with Gasteiger partial charge in [-0.1, -0.05) is 25.5 Å². The minimum atomic E-state index is 1.07. The van der Waals surface area contributed by atoms with E-state index in [9.17, 15) is 0 Å². The van der Waals surface area contributed by atoms with Crippen molar-refractivity contribution in [3.63, 3.8) is 0 Å². The molecule has 0 aliphatic carbocycles. The van der Waals surface area contributed by atoms with Gasteiger partial charge in [-0.05, 0) is 26.3 Å². The van der Waals surface area contributed by atoms with Crippen LogP contribution in [0.25, 0.3) is 0 Å². The van der Waals surface area contributed by atoms with E-state index in [1.807, 2.05) is 26.1 Å². The van der Waals surface area contributed by atoms with Gasteiger partial charge in [0.15, 0.2) is 0 Å². The van der Waals surface area contributed by atoms with Crippen LogP contribution in [0.15, 0.2) is 29.4 Å². The van der Waals surface area contributed by atoms with Crippen molar-refractivity contribution < 1.29 is 0 Å². The molecule has 0 aliphatic rings. The summed E-state index contributed by atoms with van der Waals surface area (Å²) in [6, 6.07) is 0. The fourth-order valence-corrected chi connectivity index (χ4v) is 0.656. The minimum Gasteiger partial charge on any atom is -0.262 e. The van der Waals surface area contributed by atoms with Crippen molar-refractivity contribution in [3.8, 4) is 0 Å². The van der Waals surface area contributed by atoms with E-state index in [4.69, 9.17) is 0 Å². The van der Waals surface area contributed by atoms with Crippen LogP contribution in [0.4, 0.5) is 0 Å². The minimum absolute atomic E-state index is 1.07. The second-order valence-corrected chi connectivity index (χ2v) is 2.44. The summed E-state index contributed by atoms with van der Waals surface area (Å²) in [5.41, 5.74) is 1.07. The van der Waals surface area contributed by atoms with Crippen molar-refractivity contribution in [3.05, 3.63) is 24.4 Å². The van der Waals surface area contributed by atoms with Crippen molar-refractivity contribution in [2.45, 2.75) is 33.6 Å². The van der Waals surface area contributed by atoms with Crippen LogP contribution in [0, 0.1) is 0 Å². The lowest BCUT2D eigenvalue weighted by molar-refractivity contribution is 0.959. The number of hydrogen-bond donors (Lipinski definition) is 0. The maximum Gasteiger partial charge on any atom is 0.0369 e. The van der Waals surface area contributed by atoms with Gasteiger partial charge >= 0.3 is 0 Å². The van der Waals surface area contributed by atoms with Crippen LogP contribution in [0.2, 0.25) is 0 Å². The summed E-state index contributed by atoms with van der Waals surface area (Å²) in [5, 5.41) is 0. The van der Waals surface area contributed by atoms with E-state index < -0.39 is 0 Å². The van der Waals surface area contributed by atoms with E-state index in [-0.39, 0.29) is 0 Å². The van der Waals surface area contributed by atoms with E-state index in [1.54, 1.807) is 0 Å². The first-order valence-electron chi connectivity index (χ1n) is 4.13. The highest BCUT2D eigenvalue weighted by atomic mass is 14.7. The van der Waals surface area contributed by atoms with E-state index in [1.165, 1.54) is 6.42 Å². The molecule has 0 aliphatic heterocycles. The Bertz CT molecular complexity index is 164. The molecule has 0 fully saturated rings. The van der Waals surface area contributed by atoms with Gasteiger partial charge < -0.3 is 0 Å². The number of rotatable bonds is 4. The van der Waals surface area contributed by atoms with Crippen LogP contribution >= 0.6 is 0 Å². The molecular formula is C10H17N. The van der Waals surface area contributed by atoms with Crippen molar-refractivity contribution in [2.75, 3.05) is 0 Å². The molecular weight excluding hydrogens is 134 g/mol. The third-order valence-electron chi connectivity index (χ3n) is 1.24. The van der Waals surface area contributed by atoms with Gasteiger partial charge in [0.25, 0.3) is 0 Å². The fraction of sp³-hybridized carbons (Fsp3) is 0.500. The van der Waals surface area contributed by atoms with Crippen LogP contribution < -0.4 is 0 Å². The molecule has 0 saturated heterocycles. The first-order valence-corrected chi connectivity index (χ1v) is 4.13. The first-order chi connectivity index (χ1) is 5.31. The predicted octanol–water partition coefficient (Wildman–Crippen LogP) is 3.34. The molecule has 0 heterocycles. The zero-order chi connectivity index (χ0) is 8.53. The summed E-state index contributed by atoms with van der Waals surface area (Å²) in [7, 11) is 0. The molecule has 0 amide bonds. The molecule has 0 unspecified atom stereocenters. The van der Waals surface area contributed by atoms with E-state index in [2.05, 4.69) is 24.1 Å². The Morgan fingerprint density at radius 3 is 2.73 bits per heavy atom. The summed E-state index contributed by atoms with van der Waals surface area (Å²) in [6.07, 6.45) is 10.3. The summed E-state index contributed by atoms with van der Waals surface area (Å²) in [4.78, 5) is 4.16. The van der Waals surface area contributed by atoms with Gasteiger partial charge in [-0.15, -0.1) is 0 Å². The smallest absolute Gasteiger partial charge is 0.0369 e. The molecule has 1 heteroatoms. The van der Waals surface area contributed by atoms with Gasteiger partial charge in [-0.2, -0.15) is 0 Å². The number of aliphatic imine (C=N–C) groups is 1. The fourth-order valence-electron chi connectivity index (χ4n) is 0.656. The Balaban J connectivity index is 3.74. The quantitative estimate of drug-likeness (QED) is 0.546. The van der Waals surface area contributed by atoms with Gasteiger partial charge in [-0.3, -0.25) is 4.99 Å². The predicted molar refractivity (Wildman–Crippen MR) is 52.0 cm³/mol. The van der Waals surface area contributed by atoms with Gasteiger partial charge in [0.2, 0.25) is 0 Å². The summed E-state index contributed by atoms with van der Waals surface area (Å²) >= 11 is 0. The highest BCUT2D eigenvalue weighted by molar-refractivity contribution is 5.93. The van der Waals surface area contributed by atoms with Crippen LogP contribution in [0.1, 0.15) is 33.6 Å². The molecule has 1 nitrogen and oxygen atoms in total. The van der Waals surface area contributed by atoms with Crippen molar-refractivity contribution in [2.24, 2.45) is 4.99 Å². The first kappa shape index (κ1) is 10.2. The lowest BCUT2D eigenvalue weighted by atomic mass is 10.3. The van der Waals surface area contributed by atoms with Gasteiger partial charge in [0.05, 0.1) is 0 Å². The SMILES string of the molecule is C/C=C/N=C(C)/C=C/CCC. The number of allylic oxidation sites excluding steroid dienone is 3. The van der Waals surface area contributed by atoms with E-state index in [0.29, 0.717) is 0 Å². The average molecular weight is 151 g/mol. The molecule has 0 rings (SSSR count). The van der Waals surface area contributed by atoms with Crippen molar-refractivity contribution >= 4 is 5.71 Å². The third-order valence-corrected chi connectivity index (χ3v) is 1.24. The lowest BCUT2D eigenvalue weighted by Gasteiger charge is -1.87. The third kappa shape index (κ3) is 7.04. The zero-order valence-electron chi connectivity index (χ0n) is 7.67. The van der Waals surface area contributed by atoms with E-state index >= 15 is 0 Å². The average Bonchev–Trinajstić information content (AvgIpc) is 2.01. The Kier molecular flexibility index (Phi) is 6.70. The monoisotopic (exact) mass is 151 g/mol. The zero-order valence-corrected chi connectivity index (χ0v) is 7.67. The van der Waals surface area contributed by atoms with Crippen LogP contribution in [-0.4, -0.2) is 5.71 Å². The number of hydrogen-bond acceptors (Lipinski definition) is 1. The maximum absolute atomic E-state index is 4.16. The second kappa shape index (κ2) is 7.26. The molecule has 0 spiro atoms. The Hall–Kier alpha value is -0.850. The number of nitrogens with zero attached hydrogens (tertiary/aromatic N) is 1. The van der Waals surface area contributed by atoms with Crippen LogP contribution in [-0.2, 0) is 0 Å². The molecule has 0 aromatic carbocycles. The molecule has 0 atom stereocenters. The lowest BCUT2D eigenvalue weighted by Crippen LogP contribution is -1.81. The Labute approximate surface area is 69.5 Å². The normalized spacial score (nSPS) is 13.5. The number of unbranched alkanes of at least 4 members (excludes halogenated alkanes) is 1. The van der Waals surface area contributed by atoms with Crippen molar-refractivity contribution in [1.82, 2.24) is 0 Å². The standard InChI is InChI=1S/C10H17N/c1-4-6-7-8-10(3)11-9-5-2/h5,7-9H,4,6H2,1-3H3/b8-7+,9-5+,11-10+. The molecule has 0 radical (unpaired) electrons. The van der Waals surface area contributed by atoms with E-state index in [0.717, 1.165) is 12.1 Å². The summed E-state index contributed by atoms with van der Waals surface area (Å²) in [5.74, 6) is 0. The molecule has 0 aromatic rings. The molecule has 0 bridgehead atoms. The Morgan fingerprint density at radius 2 is 2.18 bits per heavy atom. The molecule has 0 N–H and O–H groups in total.